The molecule has 1 aliphatic heterocycles. The molecule has 0 unspecified atom stereocenters. The summed E-state index contributed by atoms with van der Waals surface area (Å²) in [6.45, 7) is 5.77. The highest BCUT2D eigenvalue weighted by molar-refractivity contribution is 5.99. The van der Waals surface area contributed by atoms with Gasteiger partial charge in [-0.25, -0.2) is 9.18 Å². The Bertz CT molecular complexity index is 1110. The van der Waals surface area contributed by atoms with Crippen molar-refractivity contribution in [3.8, 4) is 5.75 Å². The highest BCUT2D eigenvalue weighted by Crippen LogP contribution is 2.27. The van der Waals surface area contributed by atoms with Crippen LogP contribution >= 0.6 is 0 Å². The number of fused-ring (bicyclic) bond motifs is 1. The highest BCUT2D eigenvalue weighted by atomic mass is 19.1. The normalized spacial score (nSPS) is 20.9. The van der Waals surface area contributed by atoms with E-state index in [0.717, 1.165) is 0 Å². The molecule has 0 radical (unpaired) electrons. The van der Waals surface area contributed by atoms with Crippen molar-refractivity contribution in [3.05, 3.63) is 53.8 Å². The van der Waals surface area contributed by atoms with Crippen molar-refractivity contribution in [1.29, 1.82) is 0 Å². The van der Waals surface area contributed by atoms with E-state index in [2.05, 4.69) is 10.6 Å². The zero-order chi connectivity index (χ0) is 26.4. The lowest BCUT2D eigenvalue weighted by Crippen LogP contribution is -2.50. The molecule has 9 nitrogen and oxygen atoms in total. The van der Waals surface area contributed by atoms with E-state index in [1.54, 1.807) is 49.4 Å². The van der Waals surface area contributed by atoms with Gasteiger partial charge in [-0.15, -0.1) is 0 Å². The molecule has 0 aliphatic carbocycles. The lowest BCUT2D eigenvalue weighted by atomic mass is 10.0. The van der Waals surface area contributed by atoms with Crippen molar-refractivity contribution in [2.45, 2.75) is 32.9 Å². The molecule has 1 aliphatic rings. The summed E-state index contributed by atoms with van der Waals surface area (Å²) in [5.41, 5.74) is 0.828. The topological polar surface area (TPSA) is 100 Å². The molecule has 2 aromatic carbocycles. The Labute approximate surface area is 210 Å². The molecule has 0 aromatic heterocycles. The van der Waals surface area contributed by atoms with Crippen molar-refractivity contribution in [3.63, 3.8) is 0 Å². The minimum Gasteiger partial charge on any atom is -0.491 e. The number of carbonyl (C=O) groups is 3. The van der Waals surface area contributed by atoms with Crippen LogP contribution in [0.1, 0.15) is 31.1 Å². The van der Waals surface area contributed by atoms with E-state index in [-0.39, 0.29) is 48.2 Å². The van der Waals surface area contributed by atoms with Gasteiger partial charge >= 0.3 is 6.03 Å². The third-order valence-electron chi connectivity index (χ3n) is 6.14. The number of hydrogen-bond acceptors (Lipinski definition) is 5. The highest BCUT2D eigenvalue weighted by Gasteiger charge is 2.30. The van der Waals surface area contributed by atoms with Crippen LogP contribution in [-0.2, 0) is 9.53 Å². The van der Waals surface area contributed by atoms with Gasteiger partial charge in [0.05, 0.1) is 23.4 Å². The molecule has 2 N–H and O–H groups in total. The predicted octanol–water partition coefficient (Wildman–Crippen LogP) is 3.82. The number of para-hydroxylation sites is 1. The Morgan fingerprint density at radius 2 is 1.83 bits per heavy atom. The van der Waals surface area contributed by atoms with E-state index in [4.69, 9.17) is 9.47 Å². The molecule has 194 valence electrons. The van der Waals surface area contributed by atoms with E-state index < -0.39 is 17.9 Å². The SMILES string of the molecule is CO[C@@H]1CN(C)C(=O)c2cc(NC(C)=O)ccc2OC[C@@H](C)N(C(=O)Nc2ccccc2F)C[C@H]1C. The maximum Gasteiger partial charge on any atom is 0.322 e. The molecule has 0 bridgehead atoms. The number of hydrogen-bond donors (Lipinski definition) is 2. The standard InChI is InChI=1S/C26H33FN4O5/c1-16-13-31(26(34)29-22-9-7-6-8-21(22)27)17(2)15-36-23-11-10-19(28-18(3)32)12-20(23)25(33)30(4)14-24(16)35-5/h6-12,16-17,24H,13-15H2,1-5H3,(H,28,32)(H,29,34)/t16-,17-,24-/m1/s1. The fourth-order valence-electron chi connectivity index (χ4n) is 4.09. The van der Waals surface area contributed by atoms with Gasteiger partial charge in [0.2, 0.25) is 5.91 Å². The van der Waals surface area contributed by atoms with Gasteiger partial charge < -0.3 is 29.9 Å². The third-order valence-corrected chi connectivity index (χ3v) is 6.14. The Kier molecular flexibility index (Phi) is 8.87. The second-order valence-electron chi connectivity index (χ2n) is 9.05. The number of anilines is 2. The molecular formula is C26H33FN4O5. The second kappa shape index (κ2) is 11.9. The number of likely N-dealkylation sites (N-methyl/N-ethyl adjacent to an activating group) is 1. The number of benzene rings is 2. The Morgan fingerprint density at radius 3 is 2.50 bits per heavy atom. The first-order valence-corrected chi connectivity index (χ1v) is 11.8. The number of ether oxygens (including phenoxy) is 2. The molecular weight excluding hydrogens is 467 g/mol. The van der Waals surface area contributed by atoms with Gasteiger partial charge in [-0.2, -0.15) is 0 Å². The van der Waals surface area contributed by atoms with Crippen molar-refractivity contribution < 1.29 is 28.2 Å². The minimum atomic E-state index is -0.532. The van der Waals surface area contributed by atoms with Crippen LogP contribution in [0.2, 0.25) is 0 Å². The van der Waals surface area contributed by atoms with Crippen molar-refractivity contribution in [2.24, 2.45) is 5.92 Å². The lowest BCUT2D eigenvalue weighted by Gasteiger charge is -2.36. The van der Waals surface area contributed by atoms with E-state index in [1.165, 1.54) is 24.0 Å². The molecule has 36 heavy (non-hydrogen) atoms. The summed E-state index contributed by atoms with van der Waals surface area (Å²) in [6.07, 6.45) is -0.378. The van der Waals surface area contributed by atoms with Gasteiger partial charge in [-0.3, -0.25) is 9.59 Å². The van der Waals surface area contributed by atoms with Gasteiger partial charge in [-0.1, -0.05) is 19.1 Å². The van der Waals surface area contributed by atoms with Gasteiger partial charge in [0.15, 0.2) is 0 Å². The minimum absolute atomic E-state index is 0.0819. The summed E-state index contributed by atoms with van der Waals surface area (Å²) in [5.74, 6) is -0.915. The molecule has 0 spiro atoms. The molecule has 10 heteroatoms. The van der Waals surface area contributed by atoms with Crippen LogP contribution in [-0.4, -0.2) is 73.6 Å². The van der Waals surface area contributed by atoms with Crippen LogP contribution in [0.15, 0.2) is 42.5 Å². The average molecular weight is 501 g/mol. The van der Waals surface area contributed by atoms with Crippen LogP contribution in [0.3, 0.4) is 0 Å². The Balaban J connectivity index is 1.95. The van der Waals surface area contributed by atoms with E-state index >= 15 is 0 Å². The molecule has 4 amide bonds. The summed E-state index contributed by atoms with van der Waals surface area (Å²) >= 11 is 0. The summed E-state index contributed by atoms with van der Waals surface area (Å²) in [4.78, 5) is 41.2. The Morgan fingerprint density at radius 1 is 1.11 bits per heavy atom. The monoisotopic (exact) mass is 500 g/mol. The van der Waals surface area contributed by atoms with Gasteiger partial charge in [0, 0.05) is 45.8 Å². The molecule has 0 saturated heterocycles. The first-order valence-electron chi connectivity index (χ1n) is 11.8. The summed E-state index contributed by atoms with van der Waals surface area (Å²) < 4.78 is 25.9. The number of amides is 4. The Hall–Kier alpha value is -3.66. The fourth-order valence-corrected chi connectivity index (χ4v) is 4.09. The van der Waals surface area contributed by atoms with Gasteiger partial charge in [0.25, 0.3) is 5.91 Å². The van der Waals surface area contributed by atoms with Crippen molar-refractivity contribution in [1.82, 2.24) is 9.80 Å². The molecule has 3 atom stereocenters. The molecule has 0 saturated carbocycles. The van der Waals surface area contributed by atoms with Crippen LogP contribution in [0.25, 0.3) is 0 Å². The summed E-state index contributed by atoms with van der Waals surface area (Å²) in [5, 5.41) is 5.33. The fraction of sp³-hybridized carbons (Fsp3) is 0.423. The van der Waals surface area contributed by atoms with E-state index in [9.17, 15) is 18.8 Å². The smallest absolute Gasteiger partial charge is 0.322 e. The lowest BCUT2D eigenvalue weighted by molar-refractivity contribution is -0.114. The summed E-state index contributed by atoms with van der Waals surface area (Å²) in [6, 6.07) is 9.90. The second-order valence-corrected chi connectivity index (χ2v) is 9.05. The maximum atomic E-state index is 14.2. The average Bonchev–Trinajstić information content (AvgIpc) is 2.84. The molecule has 0 fully saturated rings. The molecule has 1 heterocycles. The first kappa shape index (κ1) is 26.9. The number of urea groups is 1. The quantitative estimate of drug-likeness (QED) is 0.668. The van der Waals surface area contributed by atoms with E-state index in [1.807, 2.05) is 13.8 Å². The number of rotatable bonds is 3. The number of nitrogens with one attached hydrogen (secondary N) is 2. The molecule has 3 rings (SSSR count). The maximum absolute atomic E-state index is 14.2. The molecule has 2 aromatic rings. The third kappa shape index (κ3) is 6.51. The zero-order valence-corrected chi connectivity index (χ0v) is 21.2. The van der Waals surface area contributed by atoms with Gasteiger partial charge in [0.1, 0.15) is 18.2 Å². The van der Waals surface area contributed by atoms with Crippen molar-refractivity contribution >= 4 is 29.2 Å². The number of carbonyl (C=O) groups excluding carboxylic acids is 3. The number of methoxy groups -OCH3 is 1. The summed E-state index contributed by atoms with van der Waals surface area (Å²) in [7, 11) is 3.22. The number of nitrogens with zero attached hydrogens (tertiary/aromatic N) is 2. The van der Waals surface area contributed by atoms with Crippen LogP contribution in [0.4, 0.5) is 20.6 Å². The van der Waals surface area contributed by atoms with Gasteiger partial charge in [-0.05, 0) is 37.3 Å². The zero-order valence-electron chi connectivity index (χ0n) is 21.2. The van der Waals surface area contributed by atoms with Crippen molar-refractivity contribution in [2.75, 3.05) is 44.5 Å². The first-order chi connectivity index (χ1) is 17.1. The van der Waals surface area contributed by atoms with E-state index in [0.29, 0.717) is 18.0 Å². The largest absolute Gasteiger partial charge is 0.491 e. The van der Waals surface area contributed by atoms with Crippen LogP contribution in [0, 0.1) is 11.7 Å². The predicted molar refractivity (Wildman–Crippen MR) is 135 cm³/mol. The number of halogens is 1. The van der Waals surface area contributed by atoms with Crippen LogP contribution < -0.4 is 15.4 Å². The van der Waals surface area contributed by atoms with Crippen LogP contribution in [0.5, 0.6) is 5.75 Å².